The Morgan fingerprint density at radius 2 is 1.82 bits per heavy atom. The van der Waals surface area contributed by atoms with Crippen molar-refractivity contribution in [2.45, 2.75) is 32.7 Å². The number of nitrogens with one attached hydrogen (secondary N) is 2. The molecule has 184 valence electrons. The minimum Gasteiger partial charge on any atom is -0.494 e. The van der Waals surface area contributed by atoms with Gasteiger partial charge in [0, 0.05) is 24.2 Å². The smallest absolute Gasteiger partial charge is 0.197 e. The van der Waals surface area contributed by atoms with Crippen molar-refractivity contribution in [1.82, 2.24) is 4.90 Å². The summed E-state index contributed by atoms with van der Waals surface area (Å²) in [5.74, 6) is -0.193. The molecule has 3 N–H and O–H groups in total. The number of ether oxygens (including phenoxy) is 3. The van der Waals surface area contributed by atoms with Crippen molar-refractivity contribution in [2.24, 2.45) is 0 Å². The van der Waals surface area contributed by atoms with Crippen LogP contribution in [0.25, 0.3) is 0 Å². The van der Waals surface area contributed by atoms with Crippen LogP contribution >= 0.6 is 0 Å². The van der Waals surface area contributed by atoms with E-state index in [4.69, 9.17) is 19.6 Å². The maximum Gasteiger partial charge on any atom is 0.197 e. The predicted octanol–water partition coefficient (Wildman–Crippen LogP) is 3.58. The Morgan fingerprint density at radius 1 is 1.15 bits per heavy atom. The highest BCUT2D eigenvalue weighted by Crippen LogP contribution is 2.40. The second-order valence-corrected chi connectivity index (χ2v) is 9.09. The van der Waals surface area contributed by atoms with Gasteiger partial charge in [-0.1, -0.05) is 20.8 Å². The fraction of sp³-hybridized carbons (Fsp3) is 0.440. The van der Waals surface area contributed by atoms with Crippen LogP contribution in [0.5, 0.6) is 17.2 Å². The lowest BCUT2D eigenvalue weighted by molar-refractivity contribution is 0.0962. The number of halogens is 1. The van der Waals surface area contributed by atoms with E-state index in [1.807, 2.05) is 20.8 Å². The highest BCUT2D eigenvalue weighted by molar-refractivity contribution is 6.06. The standard InChI is InChI=1S/C25H32FN3O5/c1-25(2,3)16-9-14(10-17(22(16)33-5)28-7-8-30)18(31)13-29-12-15-11-19(32-4)23(34-6)21(26)20(15)24(29)27/h9-11,27-28,30H,7-8,12-13H2,1-6H3. The Balaban J connectivity index is 1.95. The first-order valence-electron chi connectivity index (χ1n) is 10.9. The van der Waals surface area contributed by atoms with Crippen molar-refractivity contribution in [1.29, 1.82) is 5.41 Å². The molecule has 3 rings (SSSR count). The first-order chi connectivity index (χ1) is 16.1. The summed E-state index contributed by atoms with van der Waals surface area (Å²) in [5, 5.41) is 20.9. The number of fused-ring (bicyclic) bond motifs is 1. The van der Waals surface area contributed by atoms with E-state index in [0.29, 0.717) is 29.1 Å². The molecule has 0 fully saturated rings. The monoisotopic (exact) mass is 473 g/mol. The molecule has 0 spiro atoms. The Morgan fingerprint density at radius 3 is 2.38 bits per heavy atom. The van der Waals surface area contributed by atoms with E-state index in [0.717, 1.165) is 5.56 Å². The summed E-state index contributed by atoms with van der Waals surface area (Å²) < 4.78 is 31.0. The summed E-state index contributed by atoms with van der Waals surface area (Å²) in [4.78, 5) is 14.9. The molecule has 0 saturated carbocycles. The summed E-state index contributed by atoms with van der Waals surface area (Å²) in [6, 6.07) is 5.12. The number of rotatable bonds is 9. The van der Waals surface area contributed by atoms with Crippen LogP contribution < -0.4 is 19.5 Å². The number of amidine groups is 1. The van der Waals surface area contributed by atoms with E-state index < -0.39 is 5.82 Å². The topological polar surface area (TPSA) is 104 Å². The van der Waals surface area contributed by atoms with Gasteiger partial charge in [-0.3, -0.25) is 10.2 Å². The minimum atomic E-state index is -0.674. The van der Waals surface area contributed by atoms with Crippen molar-refractivity contribution in [2.75, 3.05) is 46.3 Å². The summed E-state index contributed by atoms with van der Waals surface area (Å²) in [6.45, 7) is 6.38. The van der Waals surface area contributed by atoms with E-state index in [1.54, 1.807) is 25.3 Å². The number of ketones is 1. The van der Waals surface area contributed by atoms with Crippen LogP contribution in [0.2, 0.25) is 0 Å². The van der Waals surface area contributed by atoms with Crippen LogP contribution in [0.4, 0.5) is 10.1 Å². The molecular weight excluding hydrogens is 441 g/mol. The second kappa shape index (κ2) is 9.89. The molecule has 34 heavy (non-hydrogen) atoms. The van der Waals surface area contributed by atoms with Crippen molar-refractivity contribution < 1.29 is 28.5 Å². The van der Waals surface area contributed by atoms with Gasteiger partial charge in [0.15, 0.2) is 23.1 Å². The van der Waals surface area contributed by atoms with Crippen LogP contribution in [0.15, 0.2) is 18.2 Å². The molecule has 0 unspecified atom stereocenters. The number of aliphatic hydroxyl groups is 1. The molecule has 1 aliphatic rings. The van der Waals surface area contributed by atoms with Crippen LogP contribution in [-0.4, -0.2) is 62.7 Å². The van der Waals surface area contributed by atoms with Gasteiger partial charge in [-0.05, 0) is 29.2 Å². The third kappa shape index (κ3) is 4.65. The van der Waals surface area contributed by atoms with Gasteiger partial charge in [-0.25, -0.2) is 4.39 Å². The molecule has 0 amide bonds. The minimum absolute atomic E-state index is 0.0660. The molecule has 1 heterocycles. The largest absolute Gasteiger partial charge is 0.494 e. The van der Waals surface area contributed by atoms with Crippen molar-refractivity contribution >= 4 is 17.3 Å². The van der Waals surface area contributed by atoms with Crippen molar-refractivity contribution in [3.05, 3.63) is 46.3 Å². The zero-order valence-corrected chi connectivity index (χ0v) is 20.5. The maximum absolute atomic E-state index is 15.0. The number of carbonyl (C=O) groups is 1. The molecule has 2 aromatic rings. The van der Waals surface area contributed by atoms with E-state index in [1.165, 1.54) is 19.1 Å². The van der Waals surface area contributed by atoms with Gasteiger partial charge in [0.1, 0.15) is 11.6 Å². The molecule has 0 bridgehead atoms. The highest BCUT2D eigenvalue weighted by atomic mass is 19.1. The number of anilines is 1. The van der Waals surface area contributed by atoms with E-state index in [2.05, 4.69) is 5.32 Å². The molecule has 0 radical (unpaired) electrons. The lowest BCUT2D eigenvalue weighted by Gasteiger charge is -2.26. The number of benzene rings is 2. The van der Waals surface area contributed by atoms with Gasteiger partial charge in [0.25, 0.3) is 0 Å². The Hall–Kier alpha value is -3.33. The van der Waals surface area contributed by atoms with E-state index in [-0.39, 0.29) is 53.8 Å². The molecule has 0 aliphatic carbocycles. The lowest BCUT2D eigenvalue weighted by atomic mass is 9.84. The van der Waals surface area contributed by atoms with Crippen molar-refractivity contribution in [3.63, 3.8) is 0 Å². The van der Waals surface area contributed by atoms with Crippen LogP contribution in [0, 0.1) is 11.2 Å². The molecule has 0 aromatic heterocycles. The van der Waals surface area contributed by atoms with Gasteiger partial charge in [-0.2, -0.15) is 0 Å². The summed E-state index contributed by atoms with van der Waals surface area (Å²) in [6.07, 6.45) is 0. The van der Waals surface area contributed by atoms with Crippen LogP contribution in [0.1, 0.15) is 47.8 Å². The Bertz CT molecular complexity index is 1110. The fourth-order valence-corrected chi connectivity index (χ4v) is 4.11. The van der Waals surface area contributed by atoms with Crippen molar-refractivity contribution in [3.8, 4) is 17.2 Å². The Kier molecular flexibility index (Phi) is 7.35. The normalized spacial score (nSPS) is 13.1. The maximum atomic E-state index is 15.0. The Labute approximate surface area is 199 Å². The molecule has 1 aliphatic heterocycles. The second-order valence-electron chi connectivity index (χ2n) is 9.09. The van der Waals surface area contributed by atoms with Gasteiger partial charge >= 0.3 is 0 Å². The van der Waals surface area contributed by atoms with Gasteiger partial charge in [0.05, 0.1) is 45.7 Å². The number of nitrogens with zero attached hydrogens (tertiary/aromatic N) is 1. The summed E-state index contributed by atoms with van der Waals surface area (Å²) in [5.41, 5.74) is 2.23. The molecule has 9 heteroatoms. The third-order valence-electron chi connectivity index (χ3n) is 5.79. The first-order valence-corrected chi connectivity index (χ1v) is 10.9. The highest BCUT2D eigenvalue weighted by Gasteiger charge is 2.33. The molecule has 2 aromatic carbocycles. The molecular formula is C25H32FN3O5. The fourth-order valence-electron chi connectivity index (χ4n) is 4.11. The SMILES string of the molecule is COc1cc2c(c(F)c1OC)C(=N)N(CC(=O)c1cc(NCCO)c(OC)c(C(C)(C)C)c1)C2. The summed E-state index contributed by atoms with van der Waals surface area (Å²) in [7, 11) is 4.33. The first kappa shape index (κ1) is 25.3. The summed E-state index contributed by atoms with van der Waals surface area (Å²) >= 11 is 0. The number of hydrogen-bond donors (Lipinski definition) is 3. The van der Waals surface area contributed by atoms with Gasteiger partial charge in [0.2, 0.25) is 0 Å². The number of carbonyl (C=O) groups excluding carboxylic acids is 1. The van der Waals surface area contributed by atoms with E-state index in [9.17, 15) is 9.90 Å². The molecule has 0 saturated heterocycles. The average Bonchev–Trinajstić information content (AvgIpc) is 3.11. The molecule has 8 nitrogen and oxygen atoms in total. The zero-order chi connectivity index (χ0) is 25.2. The number of methoxy groups -OCH3 is 3. The zero-order valence-electron chi connectivity index (χ0n) is 20.5. The quantitative estimate of drug-likeness (QED) is 0.478. The number of hydrogen-bond acceptors (Lipinski definition) is 7. The number of Topliss-reactive ketones (excluding diaryl/α,β-unsaturated/α-hetero) is 1. The van der Waals surface area contributed by atoms with Crippen LogP contribution in [0.3, 0.4) is 0 Å². The lowest BCUT2D eigenvalue weighted by Crippen LogP contribution is -2.31. The number of aliphatic hydroxyl groups excluding tert-OH is 1. The van der Waals surface area contributed by atoms with Gasteiger partial charge in [-0.15, -0.1) is 0 Å². The van der Waals surface area contributed by atoms with E-state index >= 15 is 4.39 Å². The van der Waals surface area contributed by atoms with Crippen LogP contribution in [-0.2, 0) is 12.0 Å². The third-order valence-corrected chi connectivity index (χ3v) is 5.79. The van der Waals surface area contributed by atoms with Gasteiger partial charge < -0.3 is 29.5 Å². The predicted molar refractivity (Wildman–Crippen MR) is 128 cm³/mol. The average molecular weight is 474 g/mol. The molecule has 0 atom stereocenters.